The van der Waals surface area contributed by atoms with Gasteiger partial charge in [0.2, 0.25) is 21.8 Å². The van der Waals surface area contributed by atoms with Gasteiger partial charge in [-0.2, -0.15) is 0 Å². The molecule has 198 valence electrons. The summed E-state index contributed by atoms with van der Waals surface area (Å²) in [4.78, 5) is 28.0. The van der Waals surface area contributed by atoms with E-state index in [4.69, 9.17) is 9.47 Å². The van der Waals surface area contributed by atoms with Crippen LogP contribution in [0.1, 0.15) is 33.3 Å². The van der Waals surface area contributed by atoms with Gasteiger partial charge in [-0.1, -0.05) is 28.1 Å². The molecule has 36 heavy (non-hydrogen) atoms. The van der Waals surface area contributed by atoms with E-state index in [1.165, 1.54) is 31.3 Å². The van der Waals surface area contributed by atoms with Gasteiger partial charge in [0.1, 0.15) is 12.6 Å². The SMILES string of the molecule is COc1ccc(N(CC(=O)N(Cc2ccc(Br)cc2)[C@@H](C)C(=O)NC(C)(C)C)S(C)(=O)=O)cc1OC. The van der Waals surface area contributed by atoms with Gasteiger partial charge in [-0.3, -0.25) is 13.9 Å². The third kappa shape index (κ3) is 8.12. The summed E-state index contributed by atoms with van der Waals surface area (Å²) in [6.45, 7) is 6.79. The first kappa shape index (κ1) is 29.4. The Morgan fingerprint density at radius 1 is 1.03 bits per heavy atom. The van der Waals surface area contributed by atoms with Crippen molar-refractivity contribution < 1.29 is 27.5 Å². The fourth-order valence-corrected chi connectivity index (χ4v) is 4.54. The van der Waals surface area contributed by atoms with Gasteiger partial charge in [-0.05, 0) is 57.5 Å². The van der Waals surface area contributed by atoms with Crippen molar-refractivity contribution in [2.45, 2.75) is 45.8 Å². The largest absolute Gasteiger partial charge is 0.493 e. The highest BCUT2D eigenvalue weighted by Gasteiger charge is 2.31. The Morgan fingerprint density at radius 3 is 2.11 bits per heavy atom. The van der Waals surface area contributed by atoms with Gasteiger partial charge in [0, 0.05) is 22.6 Å². The Morgan fingerprint density at radius 2 is 1.61 bits per heavy atom. The smallest absolute Gasteiger partial charge is 0.244 e. The predicted molar refractivity (Wildman–Crippen MR) is 144 cm³/mol. The molecule has 2 aromatic rings. The number of hydrogen-bond donors (Lipinski definition) is 1. The number of nitrogens with one attached hydrogen (secondary N) is 1. The molecule has 11 heteroatoms. The van der Waals surface area contributed by atoms with E-state index in [2.05, 4.69) is 21.2 Å². The summed E-state index contributed by atoms with van der Waals surface area (Å²) in [5.74, 6) is -0.134. The third-order valence-corrected chi connectivity index (χ3v) is 6.94. The first-order chi connectivity index (χ1) is 16.7. The van der Waals surface area contributed by atoms with Crippen LogP contribution in [0, 0.1) is 0 Å². The lowest BCUT2D eigenvalue weighted by Crippen LogP contribution is -2.54. The lowest BCUT2D eigenvalue weighted by atomic mass is 10.1. The molecule has 2 amide bonds. The molecule has 0 unspecified atom stereocenters. The molecular weight excluding hydrogens is 550 g/mol. The Labute approximate surface area is 221 Å². The number of methoxy groups -OCH3 is 2. The minimum absolute atomic E-state index is 0.119. The molecule has 0 aromatic heterocycles. The lowest BCUT2D eigenvalue weighted by molar-refractivity contribution is -0.140. The number of ether oxygens (including phenoxy) is 2. The Balaban J connectivity index is 2.44. The van der Waals surface area contributed by atoms with E-state index in [-0.39, 0.29) is 18.1 Å². The number of nitrogens with zero attached hydrogens (tertiary/aromatic N) is 2. The van der Waals surface area contributed by atoms with Crippen molar-refractivity contribution in [1.82, 2.24) is 10.2 Å². The molecule has 0 spiro atoms. The second-order valence-corrected chi connectivity index (χ2v) is 12.2. The quantitative estimate of drug-likeness (QED) is 0.458. The van der Waals surface area contributed by atoms with Crippen LogP contribution in [-0.2, 0) is 26.2 Å². The monoisotopic (exact) mass is 583 g/mol. The predicted octanol–water partition coefficient (Wildman–Crippen LogP) is 3.56. The van der Waals surface area contributed by atoms with Crippen LogP contribution >= 0.6 is 15.9 Å². The Hall–Kier alpha value is -2.79. The zero-order valence-corrected chi connectivity index (χ0v) is 24.1. The highest BCUT2D eigenvalue weighted by Crippen LogP contribution is 2.32. The molecule has 2 aromatic carbocycles. The first-order valence-corrected chi connectivity index (χ1v) is 13.9. The van der Waals surface area contributed by atoms with Crippen molar-refractivity contribution in [2.75, 3.05) is 31.3 Å². The molecule has 0 aliphatic heterocycles. The number of anilines is 1. The van der Waals surface area contributed by atoms with Crippen molar-refractivity contribution in [3.63, 3.8) is 0 Å². The van der Waals surface area contributed by atoms with Gasteiger partial charge in [0.15, 0.2) is 11.5 Å². The van der Waals surface area contributed by atoms with E-state index in [1.807, 2.05) is 45.0 Å². The summed E-state index contributed by atoms with van der Waals surface area (Å²) < 4.78 is 37.9. The summed E-state index contributed by atoms with van der Waals surface area (Å²) in [6, 6.07) is 11.1. The Bertz CT molecular complexity index is 1180. The van der Waals surface area contributed by atoms with Crippen molar-refractivity contribution in [3.05, 3.63) is 52.5 Å². The highest BCUT2D eigenvalue weighted by molar-refractivity contribution is 9.10. The molecule has 0 heterocycles. The summed E-state index contributed by atoms with van der Waals surface area (Å²) in [6.07, 6.45) is 1.02. The van der Waals surface area contributed by atoms with Crippen molar-refractivity contribution in [3.8, 4) is 11.5 Å². The number of benzene rings is 2. The van der Waals surface area contributed by atoms with Crippen LogP contribution in [0.5, 0.6) is 11.5 Å². The number of carbonyl (C=O) groups excluding carboxylic acids is 2. The van der Waals surface area contributed by atoms with Gasteiger partial charge in [-0.25, -0.2) is 8.42 Å². The van der Waals surface area contributed by atoms with Crippen LogP contribution in [-0.4, -0.2) is 63.7 Å². The topological polar surface area (TPSA) is 105 Å². The first-order valence-electron chi connectivity index (χ1n) is 11.2. The molecule has 0 fully saturated rings. The highest BCUT2D eigenvalue weighted by atomic mass is 79.9. The molecule has 0 aliphatic carbocycles. The summed E-state index contributed by atoms with van der Waals surface area (Å²) in [7, 11) is -0.952. The zero-order valence-electron chi connectivity index (χ0n) is 21.7. The standard InChI is InChI=1S/C25H34BrN3O6S/c1-17(24(31)27-25(2,3)4)28(15-18-8-10-19(26)11-9-18)23(30)16-29(36(7,32)33)20-12-13-21(34-5)22(14-20)35-6/h8-14,17H,15-16H2,1-7H3,(H,27,31)/t17-/m0/s1. The summed E-state index contributed by atoms with van der Waals surface area (Å²) in [5, 5.41) is 2.89. The zero-order chi connectivity index (χ0) is 27.3. The number of rotatable bonds is 10. The fraction of sp³-hybridized carbons (Fsp3) is 0.440. The molecular formula is C25H34BrN3O6S. The molecule has 0 bridgehead atoms. The minimum atomic E-state index is -3.86. The van der Waals surface area contributed by atoms with E-state index in [1.54, 1.807) is 13.0 Å². The average molecular weight is 585 g/mol. The van der Waals surface area contributed by atoms with E-state index >= 15 is 0 Å². The normalized spacial score (nSPS) is 12.4. The molecule has 1 atom stereocenters. The number of halogens is 1. The van der Waals surface area contributed by atoms with Gasteiger partial charge >= 0.3 is 0 Å². The molecule has 0 saturated heterocycles. The van der Waals surface area contributed by atoms with Crippen molar-refractivity contribution >= 4 is 43.5 Å². The van der Waals surface area contributed by atoms with E-state index in [9.17, 15) is 18.0 Å². The molecule has 0 saturated carbocycles. The molecule has 1 N–H and O–H groups in total. The van der Waals surface area contributed by atoms with Crippen LogP contribution in [0.15, 0.2) is 46.9 Å². The second kappa shape index (κ2) is 12.0. The van der Waals surface area contributed by atoms with Gasteiger partial charge < -0.3 is 19.7 Å². The van der Waals surface area contributed by atoms with Gasteiger partial charge in [-0.15, -0.1) is 0 Å². The van der Waals surface area contributed by atoms with Crippen LogP contribution in [0.4, 0.5) is 5.69 Å². The lowest BCUT2D eigenvalue weighted by Gasteiger charge is -2.33. The minimum Gasteiger partial charge on any atom is -0.493 e. The number of carbonyl (C=O) groups is 2. The number of amides is 2. The summed E-state index contributed by atoms with van der Waals surface area (Å²) >= 11 is 3.39. The van der Waals surface area contributed by atoms with E-state index in [0.29, 0.717) is 11.5 Å². The molecule has 9 nitrogen and oxygen atoms in total. The van der Waals surface area contributed by atoms with E-state index in [0.717, 1.165) is 20.6 Å². The third-order valence-electron chi connectivity index (χ3n) is 5.27. The van der Waals surface area contributed by atoms with Crippen LogP contribution in [0.3, 0.4) is 0 Å². The van der Waals surface area contributed by atoms with Crippen molar-refractivity contribution in [1.29, 1.82) is 0 Å². The fourth-order valence-electron chi connectivity index (χ4n) is 3.44. The molecule has 0 radical (unpaired) electrons. The van der Waals surface area contributed by atoms with Gasteiger partial charge in [0.05, 0.1) is 26.2 Å². The van der Waals surface area contributed by atoms with E-state index < -0.39 is 34.1 Å². The molecule has 0 aliphatic rings. The number of sulfonamides is 1. The maximum absolute atomic E-state index is 13.6. The molecule has 2 rings (SSSR count). The maximum atomic E-state index is 13.6. The Kier molecular flexibility index (Phi) is 9.78. The number of hydrogen-bond acceptors (Lipinski definition) is 6. The summed E-state index contributed by atoms with van der Waals surface area (Å²) in [5.41, 5.74) is 0.522. The average Bonchev–Trinajstić information content (AvgIpc) is 2.79. The van der Waals surface area contributed by atoms with Crippen molar-refractivity contribution in [2.24, 2.45) is 0 Å². The second-order valence-electron chi connectivity index (χ2n) is 9.37. The van der Waals surface area contributed by atoms with Crippen LogP contribution in [0.25, 0.3) is 0 Å². The van der Waals surface area contributed by atoms with Gasteiger partial charge in [0.25, 0.3) is 0 Å². The maximum Gasteiger partial charge on any atom is 0.244 e. The van der Waals surface area contributed by atoms with Crippen LogP contribution < -0.4 is 19.1 Å². The van der Waals surface area contributed by atoms with Crippen LogP contribution in [0.2, 0.25) is 0 Å².